The number of para-hydroxylation sites is 1. The highest BCUT2D eigenvalue weighted by Crippen LogP contribution is 2.46. The van der Waals surface area contributed by atoms with Crippen molar-refractivity contribution in [3.05, 3.63) is 87.3 Å². The molecule has 3 aromatic rings. The molecule has 36 heavy (non-hydrogen) atoms. The van der Waals surface area contributed by atoms with E-state index < -0.39 is 0 Å². The Kier molecular flexibility index (Phi) is 6.45. The predicted molar refractivity (Wildman–Crippen MR) is 148 cm³/mol. The Bertz CT molecular complexity index is 1280. The lowest BCUT2D eigenvalue weighted by atomic mass is 9.62. The van der Waals surface area contributed by atoms with Gasteiger partial charge in [0, 0.05) is 32.6 Å². The Morgan fingerprint density at radius 1 is 0.917 bits per heavy atom. The van der Waals surface area contributed by atoms with Crippen LogP contribution in [0.4, 0.5) is 5.69 Å². The lowest BCUT2D eigenvalue weighted by molar-refractivity contribution is 0.0713. The van der Waals surface area contributed by atoms with E-state index in [1.807, 2.05) is 41.3 Å². The van der Waals surface area contributed by atoms with E-state index in [9.17, 15) is 4.79 Å². The number of fused-ring (bicyclic) bond motifs is 1. The highest BCUT2D eigenvalue weighted by Gasteiger charge is 2.37. The number of carbonyl (C=O) groups is 1. The van der Waals surface area contributed by atoms with E-state index in [0.29, 0.717) is 25.3 Å². The second kappa shape index (κ2) is 9.30. The maximum Gasteiger partial charge on any atom is 0.289 e. The summed E-state index contributed by atoms with van der Waals surface area (Å²) in [6, 6.07) is 16.4. The van der Waals surface area contributed by atoms with Crippen LogP contribution in [0.15, 0.2) is 52.9 Å². The number of hydrogen-bond donors (Lipinski definition) is 0. The molecular weight excluding hydrogens is 468 g/mol. The molecule has 0 N–H and O–H groups in total. The van der Waals surface area contributed by atoms with Gasteiger partial charge < -0.3 is 14.2 Å². The largest absolute Gasteiger partial charge is 0.456 e. The van der Waals surface area contributed by atoms with Crippen molar-refractivity contribution in [1.29, 1.82) is 0 Å². The van der Waals surface area contributed by atoms with E-state index in [-0.39, 0.29) is 16.7 Å². The van der Waals surface area contributed by atoms with Gasteiger partial charge in [0.05, 0.1) is 10.7 Å². The predicted octanol–water partition coefficient (Wildman–Crippen LogP) is 7.14. The molecule has 1 amide bonds. The standard InChI is InChI=1S/C31H37ClN2O2/c1-21-18-24-25(31(4,5)13-12-30(24,2)3)20-22(21)19-23-10-11-28(36-23)29(35)34-16-14-33(15-17-34)27-9-7-6-8-26(27)32/h6-11,18,20H,12-17,19H2,1-5H3. The Morgan fingerprint density at radius 3 is 2.22 bits per heavy atom. The van der Waals surface area contributed by atoms with Gasteiger partial charge in [0.2, 0.25) is 0 Å². The zero-order valence-electron chi connectivity index (χ0n) is 22.2. The second-order valence-electron chi connectivity index (χ2n) is 11.8. The molecule has 0 radical (unpaired) electrons. The fraction of sp³-hybridized carbons (Fsp3) is 0.452. The number of carbonyl (C=O) groups excluding carboxylic acids is 1. The van der Waals surface area contributed by atoms with Crippen LogP contribution in [0.2, 0.25) is 5.02 Å². The third-order valence-electron chi connectivity index (χ3n) is 8.31. The van der Waals surface area contributed by atoms with Crippen LogP contribution in [0.3, 0.4) is 0 Å². The smallest absolute Gasteiger partial charge is 0.289 e. The normalized spacial score (nSPS) is 18.7. The van der Waals surface area contributed by atoms with Crippen LogP contribution in [-0.2, 0) is 17.3 Å². The first-order chi connectivity index (χ1) is 17.0. The number of nitrogens with zero attached hydrogens (tertiary/aromatic N) is 2. The molecule has 1 aliphatic heterocycles. The summed E-state index contributed by atoms with van der Waals surface area (Å²) in [5, 5.41) is 0.748. The van der Waals surface area contributed by atoms with E-state index in [4.69, 9.17) is 16.0 Å². The average molecular weight is 505 g/mol. The van der Waals surface area contributed by atoms with Gasteiger partial charge in [-0.3, -0.25) is 4.79 Å². The first-order valence-corrected chi connectivity index (χ1v) is 13.4. The quantitative estimate of drug-likeness (QED) is 0.378. The molecule has 2 aliphatic rings. The zero-order chi connectivity index (χ0) is 25.7. The fourth-order valence-corrected chi connectivity index (χ4v) is 6.00. The van der Waals surface area contributed by atoms with Crippen LogP contribution in [0.5, 0.6) is 0 Å². The number of benzene rings is 2. The number of aryl methyl sites for hydroxylation is 1. The summed E-state index contributed by atoms with van der Waals surface area (Å²) < 4.78 is 6.10. The van der Waals surface area contributed by atoms with Crippen molar-refractivity contribution >= 4 is 23.2 Å². The number of halogens is 1. The van der Waals surface area contributed by atoms with Crippen LogP contribution >= 0.6 is 11.6 Å². The molecule has 0 spiro atoms. The summed E-state index contributed by atoms with van der Waals surface area (Å²) in [6.07, 6.45) is 3.10. The van der Waals surface area contributed by atoms with Gasteiger partial charge in [0.1, 0.15) is 5.76 Å². The van der Waals surface area contributed by atoms with E-state index in [0.717, 1.165) is 29.6 Å². The van der Waals surface area contributed by atoms with E-state index in [1.165, 1.54) is 35.1 Å². The van der Waals surface area contributed by atoms with E-state index in [1.54, 1.807) is 0 Å². The SMILES string of the molecule is Cc1cc2c(cc1Cc1ccc(C(=O)N3CCN(c4ccccc4Cl)CC3)o1)C(C)(C)CCC2(C)C. The maximum absolute atomic E-state index is 13.2. The lowest BCUT2D eigenvalue weighted by Gasteiger charge is -2.42. The Labute approximate surface area is 220 Å². The molecule has 2 aromatic carbocycles. The van der Waals surface area contributed by atoms with Crippen LogP contribution in [-0.4, -0.2) is 37.0 Å². The van der Waals surface area contributed by atoms with Gasteiger partial charge in [-0.2, -0.15) is 0 Å². The van der Waals surface area contributed by atoms with Crippen LogP contribution in [0, 0.1) is 6.92 Å². The monoisotopic (exact) mass is 504 g/mol. The van der Waals surface area contributed by atoms with Gasteiger partial charge in [-0.25, -0.2) is 0 Å². The molecule has 1 aliphatic carbocycles. The Morgan fingerprint density at radius 2 is 1.56 bits per heavy atom. The molecule has 0 unspecified atom stereocenters. The van der Waals surface area contributed by atoms with Gasteiger partial charge in [-0.05, 0) is 77.1 Å². The molecular formula is C31H37ClN2O2. The summed E-state index contributed by atoms with van der Waals surface area (Å²) in [4.78, 5) is 17.3. The van der Waals surface area contributed by atoms with Crippen LogP contribution < -0.4 is 4.90 Å². The third-order valence-corrected chi connectivity index (χ3v) is 8.63. The fourth-order valence-electron chi connectivity index (χ4n) is 5.75. The van der Waals surface area contributed by atoms with E-state index >= 15 is 0 Å². The van der Waals surface area contributed by atoms with Crippen LogP contribution in [0.25, 0.3) is 0 Å². The molecule has 1 saturated heterocycles. The van der Waals surface area contributed by atoms with Crippen molar-refractivity contribution in [2.75, 3.05) is 31.1 Å². The molecule has 1 aromatic heterocycles. The maximum atomic E-state index is 13.2. The summed E-state index contributed by atoms with van der Waals surface area (Å²) in [6.45, 7) is 14.4. The summed E-state index contributed by atoms with van der Waals surface area (Å²) >= 11 is 6.36. The van der Waals surface area contributed by atoms with Crippen molar-refractivity contribution in [3.63, 3.8) is 0 Å². The summed E-state index contributed by atoms with van der Waals surface area (Å²) in [5.74, 6) is 1.22. The van der Waals surface area contributed by atoms with Crippen LogP contribution in [0.1, 0.15) is 79.1 Å². The number of piperazine rings is 1. The molecule has 0 atom stereocenters. The third kappa shape index (κ3) is 4.68. The highest BCUT2D eigenvalue weighted by molar-refractivity contribution is 6.33. The van der Waals surface area contributed by atoms with Crippen molar-refractivity contribution in [2.45, 2.75) is 64.7 Å². The van der Waals surface area contributed by atoms with Gasteiger partial charge in [0.25, 0.3) is 5.91 Å². The molecule has 0 saturated carbocycles. The molecule has 4 nitrogen and oxygen atoms in total. The van der Waals surface area contributed by atoms with Crippen molar-refractivity contribution in [2.24, 2.45) is 0 Å². The number of amides is 1. The highest BCUT2D eigenvalue weighted by atomic mass is 35.5. The minimum absolute atomic E-state index is 0.0369. The minimum Gasteiger partial charge on any atom is -0.456 e. The zero-order valence-corrected chi connectivity index (χ0v) is 22.9. The molecule has 0 bridgehead atoms. The molecule has 1 fully saturated rings. The number of furan rings is 1. The molecule has 5 rings (SSSR count). The summed E-state index contributed by atoms with van der Waals surface area (Å²) in [5.41, 5.74) is 6.90. The van der Waals surface area contributed by atoms with Gasteiger partial charge in [-0.1, -0.05) is 63.6 Å². The number of hydrogen-bond acceptors (Lipinski definition) is 3. The topological polar surface area (TPSA) is 36.7 Å². The Balaban J connectivity index is 1.29. The van der Waals surface area contributed by atoms with Gasteiger partial charge >= 0.3 is 0 Å². The molecule has 5 heteroatoms. The number of anilines is 1. The summed E-state index contributed by atoms with van der Waals surface area (Å²) in [7, 11) is 0. The van der Waals surface area contributed by atoms with Crippen molar-refractivity contribution in [3.8, 4) is 0 Å². The van der Waals surface area contributed by atoms with Gasteiger partial charge in [0.15, 0.2) is 5.76 Å². The first kappa shape index (κ1) is 25.0. The lowest BCUT2D eigenvalue weighted by Crippen LogP contribution is -2.48. The number of rotatable bonds is 4. The average Bonchev–Trinajstić information content (AvgIpc) is 3.32. The molecule has 2 heterocycles. The van der Waals surface area contributed by atoms with E-state index in [2.05, 4.69) is 51.7 Å². The second-order valence-corrected chi connectivity index (χ2v) is 12.2. The van der Waals surface area contributed by atoms with Crippen molar-refractivity contribution < 1.29 is 9.21 Å². The Hall–Kier alpha value is -2.72. The first-order valence-electron chi connectivity index (χ1n) is 13.1. The van der Waals surface area contributed by atoms with Gasteiger partial charge in [-0.15, -0.1) is 0 Å². The van der Waals surface area contributed by atoms with Crippen molar-refractivity contribution in [1.82, 2.24) is 4.90 Å². The minimum atomic E-state index is -0.0369. The molecule has 190 valence electrons.